The van der Waals surface area contributed by atoms with Crippen LogP contribution in [0.3, 0.4) is 0 Å². The molecular formula is C24H33F5. The predicted octanol–water partition coefficient (Wildman–Crippen LogP) is 8.33. The molecule has 0 heterocycles. The van der Waals surface area contributed by atoms with Gasteiger partial charge in [0.2, 0.25) is 0 Å². The Morgan fingerprint density at radius 3 is 1.59 bits per heavy atom. The van der Waals surface area contributed by atoms with E-state index in [4.69, 9.17) is 0 Å². The number of alkyl halides is 3. The molecule has 5 heteroatoms. The van der Waals surface area contributed by atoms with Crippen LogP contribution in [0.2, 0.25) is 0 Å². The van der Waals surface area contributed by atoms with E-state index in [0.29, 0.717) is 17.9 Å². The van der Waals surface area contributed by atoms with Crippen LogP contribution >= 0.6 is 0 Å². The maximum absolute atomic E-state index is 13.7. The zero-order valence-corrected chi connectivity index (χ0v) is 17.3. The molecule has 29 heavy (non-hydrogen) atoms. The molecule has 0 bridgehead atoms. The first-order valence-corrected chi connectivity index (χ1v) is 11.3. The molecule has 2 aliphatic carbocycles. The Kier molecular flexibility index (Phi) is 7.61. The van der Waals surface area contributed by atoms with E-state index < -0.39 is 23.4 Å². The molecule has 0 N–H and O–H groups in total. The van der Waals surface area contributed by atoms with Crippen LogP contribution in [-0.4, -0.2) is 0 Å². The van der Waals surface area contributed by atoms with E-state index in [1.54, 1.807) is 0 Å². The standard InChI is InChI=1S/C24H33F5/c1-16-2-4-17(5-3-16)6-7-18-8-10-19(11-9-18)12-13-20-14-21(25)23(22(26)15-20)24(27,28)29/h14-19H,2-13H2,1H3. The Hall–Kier alpha value is -1.13. The summed E-state index contributed by atoms with van der Waals surface area (Å²) in [7, 11) is 0. The maximum Gasteiger partial charge on any atom is 0.422 e. The van der Waals surface area contributed by atoms with E-state index in [-0.39, 0.29) is 0 Å². The lowest BCUT2D eigenvalue weighted by Gasteiger charge is -2.31. The molecule has 0 aliphatic heterocycles. The zero-order valence-electron chi connectivity index (χ0n) is 17.3. The van der Waals surface area contributed by atoms with Crippen molar-refractivity contribution >= 4 is 0 Å². The highest BCUT2D eigenvalue weighted by Gasteiger charge is 2.37. The predicted molar refractivity (Wildman–Crippen MR) is 105 cm³/mol. The minimum atomic E-state index is -5.00. The number of benzene rings is 1. The van der Waals surface area contributed by atoms with Crippen LogP contribution < -0.4 is 0 Å². The van der Waals surface area contributed by atoms with Gasteiger partial charge in [-0.25, -0.2) is 8.78 Å². The fourth-order valence-corrected chi connectivity index (χ4v) is 5.31. The molecular weight excluding hydrogens is 383 g/mol. The minimum Gasteiger partial charge on any atom is -0.206 e. The van der Waals surface area contributed by atoms with Gasteiger partial charge in [0, 0.05) is 0 Å². The van der Waals surface area contributed by atoms with Crippen LogP contribution in [0.15, 0.2) is 12.1 Å². The molecule has 0 atom stereocenters. The molecule has 0 radical (unpaired) electrons. The Balaban J connectivity index is 1.40. The second-order valence-corrected chi connectivity index (χ2v) is 9.56. The van der Waals surface area contributed by atoms with Crippen LogP contribution in [0.1, 0.15) is 88.7 Å². The molecule has 164 valence electrons. The van der Waals surface area contributed by atoms with E-state index in [1.807, 2.05) is 0 Å². The number of halogens is 5. The first-order valence-electron chi connectivity index (χ1n) is 11.3. The highest BCUT2D eigenvalue weighted by Crippen LogP contribution is 2.38. The largest absolute Gasteiger partial charge is 0.422 e. The second-order valence-electron chi connectivity index (χ2n) is 9.56. The third-order valence-electron chi connectivity index (χ3n) is 7.31. The Morgan fingerprint density at radius 2 is 1.14 bits per heavy atom. The summed E-state index contributed by atoms with van der Waals surface area (Å²) >= 11 is 0. The molecule has 0 amide bonds. The lowest BCUT2D eigenvalue weighted by molar-refractivity contribution is -0.142. The molecule has 0 aromatic heterocycles. The van der Waals surface area contributed by atoms with Crippen molar-refractivity contribution in [3.8, 4) is 0 Å². The van der Waals surface area contributed by atoms with Gasteiger partial charge in [-0.05, 0) is 54.2 Å². The third-order valence-corrected chi connectivity index (χ3v) is 7.31. The van der Waals surface area contributed by atoms with Crippen LogP contribution in [0.5, 0.6) is 0 Å². The lowest BCUT2D eigenvalue weighted by atomic mass is 9.75. The quantitative estimate of drug-likeness (QED) is 0.409. The first-order chi connectivity index (χ1) is 13.7. The number of rotatable bonds is 6. The Morgan fingerprint density at radius 1 is 0.724 bits per heavy atom. The van der Waals surface area contributed by atoms with Gasteiger partial charge in [0.25, 0.3) is 0 Å². The van der Waals surface area contributed by atoms with Crippen molar-refractivity contribution in [3.63, 3.8) is 0 Å². The second kappa shape index (κ2) is 9.78. The van der Waals surface area contributed by atoms with Gasteiger partial charge < -0.3 is 0 Å². The fourth-order valence-electron chi connectivity index (χ4n) is 5.31. The average Bonchev–Trinajstić information content (AvgIpc) is 2.65. The van der Waals surface area contributed by atoms with Gasteiger partial charge in [-0.3, -0.25) is 0 Å². The maximum atomic E-state index is 13.7. The summed E-state index contributed by atoms with van der Waals surface area (Å²) in [6, 6.07) is 1.70. The van der Waals surface area contributed by atoms with Crippen LogP contribution in [0.4, 0.5) is 22.0 Å². The van der Waals surface area contributed by atoms with Gasteiger partial charge in [0.05, 0.1) is 0 Å². The SMILES string of the molecule is CC1CCC(CCC2CCC(CCc3cc(F)c(C(F)(F)F)c(F)c3)CC2)CC1. The van der Waals surface area contributed by atoms with E-state index in [1.165, 1.54) is 51.4 Å². The molecule has 0 nitrogen and oxygen atoms in total. The lowest BCUT2D eigenvalue weighted by Crippen LogP contribution is -2.18. The number of hydrogen-bond donors (Lipinski definition) is 0. The van der Waals surface area contributed by atoms with Crippen LogP contribution in [0, 0.1) is 35.3 Å². The molecule has 0 saturated heterocycles. The van der Waals surface area contributed by atoms with Crippen molar-refractivity contribution in [1.29, 1.82) is 0 Å². The van der Waals surface area contributed by atoms with Gasteiger partial charge in [-0.15, -0.1) is 0 Å². The number of aryl methyl sites for hydroxylation is 1. The fraction of sp³-hybridized carbons (Fsp3) is 0.750. The molecule has 1 aromatic rings. The Bertz CT molecular complexity index is 627. The first kappa shape index (κ1) is 22.6. The molecule has 2 aliphatic rings. The average molecular weight is 417 g/mol. The van der Waals surface area contributed by atoms with Gasteiger partial charge in [-0.1, -0.05) is 71.1 Å². The summed E-state index contributed by atoms with van der Waals surface area (Å²) in [4.78, 5) is 0. The summed E-state index contributed by atoms with van der Waals surface area (Å²) in [5.74, 6) is 0.102. The topological polar surface area (TPSA) is 0 Å². The molecule has 0 spiro atoms. The van der Waals surface area contributed by atoms with Crippen molar-refractivity contribution in [2.45, 2.75) is 90.1 Å². The van der Waals surface area contributed by atoms with E-state index >= 15 is 0 Å². The third kappa shape index (κ3) is 6.42. The number of hydrogen-bond acceptors (Lipinski definition) is 0. The summed E-state index contributed by atoms with van der Waals surface area (Å²) in [5.41, 5.74) is -1.46. The van der Waals surface area contributed by atoms with E-state index in [0.717, 1.165) is 49.1 Å². The molecule has 2 saturated carbocycles. The van der Waals surface area contributed by atoms with Gasteiger partial charge in [0.15, 0.2) is 0 Å². The van der Waals surface area contributed by atoms with Crippen molar-refractivity contribution < 1.29 is 22.0 Å². The molecule has 0 unspecified atom stereocenters. The summed E-state index contributed by atoms with van der Waals surface area (Å²) in [5, 5.41) is 0. The smallest absolute Gasteiger partial charge is 0.206 e. The molecule has 3 rings (SSSR count). The van der Waals surface area contributed by atoms with Crippen molar-refractivity contribution in [1.82, 2.24) is 0 Å². The highest BCUT2D eigenvalue weighted by atomic mass is 19.4. The van der Waals surface area contributed by atoms with Gasteiger partial charge >= 0.3 is 6.18 Å². The van der Waals surface area contributed by atoms with Crippen molar-refractivity contribution in [3.05, 3.63) is 34.9 Å². The van der Waals surface area contributed by atoms with Gasteiger partial charge in [-0.2, -0.15) is 13.2 Å². The molecule has 1 aromatic carbocycles. The van der Waals surface area contributed by atoms with E-state index in [2.05, 4.69) is 6.92 Å². The molecule has 2 fully saturated rings. The van der Waals surface area contributed by atoms with E-state index in [9.17, 15) is 22.0 Å². The summed E-state index contributed by atoms with van der Waals surface area (Å²) in [6.07, 6.45) is 9.09. The Labute approximate surface area is 171 Å². The van der Waals surface area contributed by atoms with Crippen molar-refractivity contribution in [2.24, 2.45) is 23.7 Å². The zero-order chi connectivity index (χ0) is 21.0. The summed E-state index contributed by atoms with van der Waals surface area (Å²) in [6.45, 7) is 2.35. The van der Waals surface area contributed by atoms with Crippen LogP contribution in [-0.2, 0) is 12.6 Å². The van der Waals surface area contributed by atoms with Gasteiger partial charge in [0.1, 0.15) is 17.2 Å². The van der Waals surface area contributed by atoms with Crippen LogP contribution in [0.25, 0.3) is 0 Å². The summed E-state index contributed by atoms with van der Waals surface area (Å²) < 4.78 is 65.5. The normalized spacial score (nSPS) is 28.5. The highest BCUT2D eigenvalue weighted by molar-refractivity contribution is 5.28. The minimum absolute atomic E-state index is 0.321. The monoisotopic (exact) mass is 416 g/mol. The van der Waals surface area contributed by atoms with Crippen molar-refractivity contribution in [2.75, 3.05) is 0 Å².